The number of hydrogen-bond acceptors (Lipinski definition) is 3. The largest absolute Gasteiger partial charge is 0.318 e. The highest BCUT2D eigenvalue weighted by Gasteiger charge is 2.05. The fourth-order valence-electron chi connectivity index (χ4n) is 1.57. The molecule has 0 aromatic carbocycles. The highest BCUT2D eigenvalue weighted by Crippen LogP contribution is 2.03. The molecule has 0 radical (unpaired) electrons. The van der Waals surface area contributed by atoms with Crippen LogP contribution in [0.15, 0.2) is 6.07 Å². The summed E-state index contributed by atoms with van der Waals surface area (Å²) in [5.41, 5.74) is 2.41. The molecule has 15 heavy (non-hydrogen) atoms. The molecule has 86 valence electrons. The van der Waals surface area contributed by atoms with Crippen LogP contribution in [-0.2, 0) is 20.0 Å². The predicted octanol–water partition coefficient (Wildman–Crippen LogP) is 0.680. The highest BCUT2D eigenvalue weighted by molar-refractivity contribution is 5.09. The number of aromatic nitrogens is 2. The Labute approximate surface area is 92.1 Å². The van der Waals surface area contributed by atoms with Crippen LogP contribution < -0.4 is 10.6 Å². The first-order valence-electron chi connectivity index (χ1n) is 5.57. The Morgan fingerprint density at radius 2 is 2.27 bits per heavy atom. The van der Waals surface area contributed by atoms with Gasteiger partial charge in [0.2, 0.25) is 0 Å². The number of hydrogen-bond donors (Lipinski definition) is 2. The lowest BCUT2D eigenvalue weighted by atomic mass is 10.3. The molecule has 1 heterocycles. The Balaban J connectivity index is 2.46. The molecular formula is C11H22N4. The summed E-state index contributed by atoms with van der Waals surface area (Å²) in [7, 11) is 3.97. The molecule has 0 fully saturated rings. The van der Waals surface area contributed by atoms with Gasteiger partial charge in [-0.2, -0.15) is 5.10 Å². The van der Waals surface area contributed by atoms with Crippen molar-refractivity contribution in [2.45, 2.75) is 32.9 Å². The van der Waals surface area contributed by atoms with Crippen molar-refractivity contribution >= 4 is 0 Å². The highest BCUT2D eigenvalue weighted by atomic mass is 15.3. The third-order valence-corrected chi connectivity index (χ3v) is 2.53. The summed E-state index contributed by atoms with van der Waals surface area (Å²) >= 11 is 0. The fraction of sp³-hybridized carbons (Fsp3) is 0.727. The van der Waals surface area contributed by atoms with Gasteiger partial charge in [0, 0.05) is 26.2 Å². The molecule has 0 aliphatic carbocycles. The molecule has 4 nitrogen and oxygen atoms in total. The Bertz CT molecular complexity index is 293. The van der Waals surface area contributed by atoms with Gasteiger partial charge in [-0.3, -0.25) is 4.68 Å². The van der Waals surface area contributed by atoms with Gasteiger partial charge in [0.05, 0.1) is 11.4 Å². The minimum absolute atomic E-state index is 0.481. The van der Waals surface area contributed by atoms with Gasteiger partial charge in [-0.05, 0) is 26.5 Å². The average molecular weight is 210 g/mol. The molecule has 0 aliphatic rings. The molecule has 0 spiro atoms. The number of rotatable bonds is 6. The van der Waals surface area contributed by atoms with Crippen molar-refractivity contribution in [3.63, 3.8) is 0 Å². The second-order valence-electron chi connectivity index (χ2n) is 3.94. The van der Waals surface area contributed by atoms with Crippen LogP contribution in [0.5, 0.6) is 0 Å². The summed E-state index contributed by atoms with van der Waals surface area (Å²) in [4.78, 5) is 0. The molecule has 4 heteroatoms. The average Bonchev–Trinajstić information content (AvgIpc) is 2.57. The van der Waals surface area contributed by atoms with Crippen LogP contribution in [0.2, 0.25) is 0 Å². The lowest BCUT2D eigenvalue weighted by Crippen LogP contribution is -2.34. The Kier molecular flexibility index (Phi) is 4.78. The molecule has 1 rings (SSSR count). The minimum atomic E-state index is 0.481. The van der Waals surface area contributed by atoms with Crippen molar-refractivity contribution in [3.8, 4) is 0 Å². The summed E-state index contributed by atoms with van der Waals surface area (Å²) < 4.78 is 1.96. The molecule has 1 unspecified atom stereocenters. The smallest absolute Gasteiger partial charge is 0.0625 e. The first-order chi connectivity index (χ1) is 7.17. The van der Waals surface area contributed by atoms with Gasteiger partial charge in [-0.25, -0.2) is 0 Å². The molecule has 0 saturated heterocycles. The summed E-state index contributed by atoms with van der Waals surface area (Å²) in [6.45, 7) is 6.17. The third kappa shape index (κ3) is 3.64. The van der Waals surface area contributed by atoms with Crippen molar-refractivity contribution < 1.29 is 0 Å². The van der Waals surface area contributed by atoms with Crippen LogP contribution in [0, 0.1) is 0 Å². The number of likely N-dealkylation sites (N-methyl/N-ethyl adjacent to an activating group) is 1. The van der Waals surface area contributed by atoms with Gasteiger partial charge in [-0.1, -0.05) is 6.92 Å². The van der Waals surface area contributed by atoms with E-state index in [-0.39, 0.29) is 0 Å². The Morgan fingerprint density at radius 1 is 1.53 bits per heavy atom. The van der Waals surface area contributed by atoms with Crippen LogP contribution in [0.4, 0.5) is 0 Å². The van der Waals surface area contributed by atoms with E-state index in [1.54, 1.807) is 0 Å². The van der Waals surface area contributed by atoms with Crippen molar-refractivity contribution in [2.75, 3.05) is 13.6 Å². The zero-order valence-corrected chi connectivity index (χ0v) is 10.2. The lowest BCUT2D eigenvalue weighted by molar-refractivity contribution is 0.508. The summed E-state index contributed by atoms with van der Waals surface area (Å²) in [5, 5.41) is 11.0. The van der Waals surface area contributed by atoms with Crippen molar-refractivity contribution in [1.82, 2.24) is 20.4 Å². The minimum Gasteiger partial charge on any atom is -0.318 e. The van der Waals surface area contributed by atoms with E-state index >= 15 is 0 Å². The van der Waals surface area contributed by atoms with E-state index in [1.807, 2.05) is 18.8 Å². The topological polar surface area (TPSA) is 41.9 Å². The van der Waals surface area contributed by atoms with Crippen LogP contribution in [0.3, 0.4) is 0 Å². The molecule has 1 atom stereocenters. The van der Waals surface area contributed by atoms with Gasteiger partial charge in [0.1, 0.15) is 0 Å². The summed E-state index contributed by atoms with van der Waals surface area (Å²) in [6, 6.07) is 2.65. The maximum Gasteiger partial charge on any atom is 0.0625 e. The van der Waals surface area contributed by atoms with Gasteiger partial charge < -0.3 is 10.6 Å². The van der Waals surface area contributed by atoms with E-state index in [2.05, 4.69) is 35.6 Å². The van der Waals surface area contributed by atoms with Crippen LogP contribution in [-0.4, -0.2) is 29.4 Å². The zero-order valence-electron chi connectivity index (χ0n) is 10.2. The normalized spacial score (nSPS) is 13.1. The lowest BCUT2D eigenvalue weighted by Gasteiger charge is -2.12. The zero-order chi connectivity index (χ0) is 11.3. The molecule has 0 saturated carbocycles. The monoisotopic (exact) mass is 210 g/mol. The number of aryl methyl sites for hydroxylation is 2. The van der Waals surface area contributed by atoms with Crippen LogP contribution in [0.25, 0.3) is 0 Å². The summed E-state index contributed by atoms with van der Waals surface area (Å²) in [6.07, 6.45) is 1.000. The standard InChI is InChI=1S/C11H22N4/c1-5-10-6-11(15(4)14-10)8-13-9(2)7-12-3/h6,9,12-13H,5,7-8H2,1-4H3. The van der Waals surface area contributed by atoms with E-state index in [9.17, 15) is 0 Å². The third-order valence-electron chi connectivity index (χ3n) is 2.53. The van der Waals surface area contributed by atoms with Gasteiger partial charge in [0.15, 0.2) is 0 Å². The van der Waals surface area contributed by atoms with E-state index in [0.717, 1.165) is 25.2 Å². The molecule has 2 N–H and O–H groups in total. The molecule has 1 aromatic rings. The van der Waals surface area contributed by atoms with Gasteiger partial charge in [0.25, 0.3) is 0 Å². The molecule has 1 aromatic heterocycles. The molecule has 0 aliphatic heterocycles. The fourth-order valence-corrected chi connectivity index (χ4v) is 1.57. The number of nitrogens with zero attached hydrogens (tertiary/aromatic N) is 2. The van der Waals surface area contributed by atoms with Gasteiger partial charge >= 0.3 is 0 Å². The van der Waals surface area contributed by atoms with Gasteiger partial charge in [-0.15, -0.1) is 0 Å². The van der Waals surface area contributed by atoms with E-state index in [0.29, 0.717) is 6.04 Å². The first-order valence-corrected chi connectivity index (χ1v) is 5.57. The number of nitrogens with one attached hydrogen (secondary N) is 2. The molecule has 0 bridgehead atoms. The van der Waals surface area contributed by atoms with E-state index in [4.69, 9.17) is 0 Å². The Morgan fingerprint density at radius 3 is 2.80 bits per heavy atom. The SMILES string of the molecule is CCc1cc(CNC(C)CNC)n(C)n1. The Hall–Kier alpha value is -0.870. The van der Waals surface area contributed by atoms with Crippen molar-refractivity contribution in [3.05, 3.63) is 17.5 Å². The summed E-state index contributed by atoms with van der Waals surface area (Å²) in [5.74, 6) is 0. The predicted molar refractivity (Wildman–Crippen MR) is 62.8 cm³/mol. The van der Waals surface area contributed by atoms with E-state index in [1.165, 1.54) is 5.69 Å². The second kappa shape index (κ2) is 5.88. The van der Waals surface area contributed by atoms with Crippen molar-refractivity contribution in [2.24, 2.45) is 7.05 Å². The van der Waals surface area contributed by atoms with Crippen LogP contribution in [0.1, 0.15) is 25.2 Å². The van der Waals surface area contributed by atoms with Crippen LogP contribution >= 0.6 is 0 Å². The molecular weight excluding hydrogens is 188 g/mol. The van der Waals surface area contributed by atoms with E-state index < -0.39 is 0 Å². The molecule has 0 amide bonds. The maximum atomic E-state index is 4.41. The van der Waals surface area contributed by atoms with Crippen molar-refractivity contribution in [1.29, 1.82) is 0 Å². The maximum absolute atomic E-state index is 4.41. The quantitative estimate of drug-likeness (QED) is 0.725. The second-order valence-corrected chi connectivity index (χ2v) is 3.94. The first kappa shape index (κ1) is 12.2.